The fraction of sp³-hybridized carbons (Fsp3) is 0.238. The molecule has 132 valence electrons. The number of rotatable bonds is 6. The molecule has 0 amide bonds. The lowest BCUT2D eigenvalue weighted by Crippen LogP contribution is -2.23. The lowest BCUT2D eigenvalue weighted by molar-refractivity contribution is -0.148. The molecule has 0 atom stereocenters. The number of thiazole rings is 1. The van der Waals surface area contributed by atoms with Crippen LogP contribution in [0.25, 0.3) is 0 Å². The van der Waals surface area contributed by atoms with Crippen LogP contribution in [0, 0.1) is 6.92 Å². The number of nitrogens with zero attached hydrogens (tertiary/aromatic N) is 1. The third-order valence-corrected chi connectivity index (χ3v) is 5.48. The highest BCUT2D eigenvalue weighted by atomic mass is 32.1. The molecule has 5 heteroatoms. The first kappa shape index (κ1) is 16.8. The highest BCUT2D eigenvalue weighted by Crippen LogP contribution is 2.49. The van der Waals surface area contributed by atoms with Crippen LogP contribution in [0.2, 0.25) is 0 Å². The zero-order chi connectivity index (χ0) is 18.0. The van der Waals surface area contributed by atoms with E-state index < -0.39 is 5.41 Å². The number of hydrogen-bond acceptors (Lipinski definition) is 5. The summed E-state index contributed by atoms with van der Waals surface area (Å²) in [7, 11) is 0. The normalized spacial score (nSPS) is 14.7. The van der Waals surface area contributed by atoms with Crippen LogP contribution >= 0.6 is 11.3 Å². The Balaban J connectivity index is 1.36. The Labute approximate surface area is 156 Å². The smallest absolute Gasteiger partial charge is 0.316 e. The number of carbonyl (C=O) groups is 1. The third-order valence-electron chi connectivity index (χ3n) is 4.67. The lowest BCUT2D eigenvalue weighted by Gasteiger charge is -2.14. The molecule has 1 saturated carbocycles. The van der Waals surface area contributed by atoms with Gasteiger partial charge in [0, 0.05) is 11.1 Å². The van der Waals surface area contributed by atoms with E-state index in [-0.39, 0.29) is 12.6 Å². The molecule has 0 radical (unpaired) electrons. The number of aryl methyl sites for hydroxylation is 1. The first-order valence-electron chi connectivity index (χ1n) is 8.67. The van der Waals surface area contributed by atoms with Crippen molar-refractivity contribution in [3.63, 3.8) is 0 Å². The molecule has 4 rings (SSSR count). The Morgan fingerprint density at radius 3 is 2.58 bits per heavy atom. The van der Waals surface area contributed by atoms with Gasteiger partial charge < -0.3 is 10.1 Å². The number of ether oxygens (including phenoxy) is 1. The van der Waals surface area contributed by atoms with Crippen molar-refractivity contribution in [2.24, 2.45) is 0 Å². The number of anilines is 2. The van der Waals surface area contributed by atoms with E-state index in [0.717, 1.165) is 34.9 Å². The number of aromatic nitrogens is 1. The van der Waals surface area contributed by atoms with Gasteiger partial charge in [0.1, 0.15) is 6.61 Å². The highest BCUT2D eigenvalue weighted by molar-refractivity contribution is 7.13. The molecule has 0 unspecified atom stereocenters. The highest BCUT2D eigenvalue weighted by Gasteiger charge is 2.52. The fourth-order valence-corrected chi connectivity index (χ4v) is 3.68. The molecule has 1 N–H and O–H groups in total. The molecule has 1 aliphatic rings. The quantitative estimate of drug-likeness (QED) is 0.628. The van der Waals surface area contributed by atoms with Gasteiger partial charge in [0.25, 0.3) is 0 Å². The molecule has 3 aromatic rings. The molecular weight excluding hydrogens is 344 g/mol. The summed E-state index contributed by atoms with van der Waals surface area (Å²) in [6.45, 7) is 2.27. The Bertz CT molecular complexity index is 899. The van der Waals surface area contributed by atoms with Gasteiger partial charge in [-0.3, -0.25) is 4.79 Å². The summed E-state index contributed by atoms with van der Waals surface area (Å²) in [6.07, 6.45) is 1.71. The van der Waals surface area contributed by atoms with Crippen LogP contribution in [0.1, 0.15) is 29.7 Å². The molecule has 0 spiro atoms. The molecule has 26 heavy (non-hydrogen) atoms. The van der Waals surface area contributed by atoms with Crippen LogP contribution in [0.5, 0.6) is 0 Å². The standard InChI is InChI=1S/C21H20N2O2S/c1-15-7-9-17(10-8-15)22-20-23-18(14-26-20)13-25-19(24)21(11-12-21)16-5-3-2-4-6-16/h2-10,14H,11-13H2,1H3,(H,22,23). The van der Waals surface area contributed by atoms with Crippen LogP contribution < -0.4 is 5.32 Å². The maximum Gasteiger partial charge on any atom is 0.316 e. The minimum absolute atomic E-state index is 0.148. The number of hydrogen-bond donors (Lipinski definition) is 1. The van der Waals surface area contributed by atoms with Gasteiger partial charge in [0.05, 0.1) is 11.1 Å². The van der Waals surface area contributed by atoms with E-state index >= 15 is 0 Å². The summed E-state index contributed by atoms with van der Waals surface area (Å²) in [4.78, 5) is 17.1. The molecule has 0 bridgehead atoms. The van der Waals surface area contributed by atoms with Gasteiger partial charge in [0.15, 0.2) is 5.13 Å². The zero-order valence-corrected chi connectivity index (χ0v) is 15.4. The Morgan fingerprint density at radius 2 is 1.88 bits per heavy atom. The molecule has 1 aromatic heterocycles. The maximum absolute atomic E-state index is 12.6. The van der Waals surface area contributed by atoms with Crippen molar-refractivity contribution in [1.82, 2.24) is 4.98 Å². The van der Waals surface area contributed by atoms with Gasteiger partial charge in [-0.25, -0.2) is 4.98 Å². The Kier molecular flexibility index (Phi) is 4.47. The summed E-state index contributed by atoms with van der Waals surface area (Å²) in [5, 5.41) is 5.99. The Hall–Kier alpha value is -2.66. The van der Waals surface area contributed by atoms with Crippen molar-refractivity contribution in [2.45, 2.75) is 31.8 Å². The van der Waals surface area contributed by atoms with Crippen LogP contribution in [-0.4, -0.2) is 11.0 Å². The van der Waals surface area contributed by atoms with Gasteiger partial charge in [0.2, 0.25) is 0 Å². The van der Waals surface area contributed by atoms with E-state index in [1.54, 1.807) is 0 Å². The van der Waals surface area contributed by atoms with Crippen molar-refractivity contribution in [1.29, 1.82) is 0 Å². The first-order chi connectivity index (χ1) is 12.7. The van der Waals surface area contributed by atoms with E-state index in [0.29, 0.717) is 0 Å². The topological polar surface area (TPSA) is 51.2 Å². The van der Waals surface area contributed by atoms with E-state index in [1.807, 2.05) is 47.8 Å². The molecule has 1 aliphatic carbocycles. The molecule has 1 heterocycles. The molecule has 4 nitrogen and oxygen atoms in total. The zero-order valence-electron chi connectivity index (χ0n) is 14.6. The number of benzene rings is 2. The number of carbonyl (C=O) groups excluding carboxylic acids is 1. The second-order valence-electron chi connectivity index (χ2n) is 6.66. The van der Waals surface area contributed by atoms with Crippen molar-refractivity contribution in [3.8, 4) is 0 Å². The fourth-order valence-electron chi connectivity index (χ4n) is 2.96. The van der Waals surface area contributed by atoms with Crippen LogP contribution in [-0.2, 0) is 21.6 Å². The maximum atomic E-state index is 12.6. The number of nitrogens with one attached hydrogen (secondary N) is 1. The second kappa shape index (κ2) is 6.92. The number of esters is 1. The third kappa shape index (κ3) is 3.48. The SMILES string of the molecule is Cc1ccc(Nc2nc(COC(=O)C3(c4ccccc4)CC3)cs2)cc1. The van der Waals surface area contributed by atoms with Crippen molar-refractivity contribution < 1.29 is 9.53 Å². The lowest BCUT2D eigenvalue weighted by atomic mass is 9.96. The summed E-state index contributed by atoms with van der Waals surface area (Å²) >= 11 is 1.51. The van der Waals surface area contributed by atoms with E-state index in [2.05, 4.69) is 29.4 Å². The van der Waals surface area contributed by atoms with Gasteiger partial charge >= 0.3 is 5.97 Å². The van der Waals surface area contributed by atoms with Crippen LogP contribution in [0.3, 0.4) is 0 Å². The molecule has 1 fully saturated rings. The van der Waals surface area contributed by atoms with Gasteiger partial charge in [-0.1, -0.05) is 48.0 Å². The summed E-state index contributed by atoms with van der Waals surface area (Å²) in [6, 6.07) is 18.0. The van der Waals surface area contributed by atoms with Crippen molar-refractivity contribution in [3.05, 3.63) is 76.8 Å². The molecule has 0 aliphatic heterocycles. The molecular formula is C21H20N2O2S. The second-order valence-corrected chi connectivity index (χ2v) is 7.52. The average molecular weight is 364 g/mol. The molecule has 0 saturated heterocycles. The molecule has 2 aromatic carbocycles. The minimum Gasteiger partial charge on any atom is -0.458 e. The van der Waals surface area contributed by atoms with E-state index in [4.69, 9.17) is 4.74 Å². The monoisotopic (exact) mass is 364 g/mol. The van der Waals surface area contributed by atoms with Crippen LogP contribution in [0.15, 0.2) is 60.0 Å². The predicted molar refractivity (Wildman–Crippen MR) is 104 cm³/mol. The summed E-state index contributed by atoms with van der Waals surface area (Å²) < 4.78 is 5.57. The van der Waals surface area contributed by atoms with Gasteiger partial charge in [-0.05, 0) is 37.5 Å². The average Bonchev–Trinajstić information content (AvgIpc) is 3.37. The predicted octanol–water partition coefficient (Wildman–Crippen LogP) is 4.97. The van der Waals surface area contributed by atoms with Crippen molar-refractivity contribution >= 4 is 28.1 Å². The summed E-state index contributed by atoms with van der Waals surface area (Å²) in [5.41, 5.74) is 3.58. The van der Waals surface area contributed by atoms with Crippen LogP contribution in [0.4, 0.5) is 10.8 Å². The van der Waals surface area contributed by atoms with Gasteiger partial charge in [-0.15, -0.1) is 11.3 Å². The largest absolute Gasteiger partial charge is 0.458 e. The summed E-state index contributed by atoms with van der Waals surface area (Å²) in [5.74, 6) is -0.148. The minimum atomic E-state index is -0.444. The van der Waals surface area contributed by atoms with E-state index in [1.165, 1.54) is 16.9 Å². The first-order valence-corrected chi connectivity index (χ1v) is 9.55. The Morgan fingerprint density at radius 1 is 1.15 bits per heavy atom. The van der Waals surface area contributed by atoms with E-state index in [9.17, 15) is 4.79 Å². The van der Waals surface area contributed by atoms with Gasteiger partial charge in [-0.2, -0.15) is 0 Å². The van der Waals surface area contributed by atoms with Crippen molar-refractivity contribution in [2.75, 3.05) is 5.32 Å².